The quantitative estimate of drug-likeness (QED) is 0.534. The molecule has 9 nitrogen and oxygen atoms in total. The summed E-state index contributed by atoms with van der Waals surface area (Å²) in [5, 5.41) is 40.8. The molecule has 0 saturated carbocycles. The largest absolute Gasteiger partial charge is 0.762 e. The van der Waals surface area contributed by atoms with Crippen molar-refractivity contribution in [3.63, 3.8) is 0 Å². The molecule has 1 unspecified atom stereocenters. The van der Waals surface area contributed by atoms with Crippen LogP contribution < -0.4 is 21.5 Å². The van der Waals surface area contributed by atoms with E-state index in [0.717, 1.165) is 0 Å². The minimum absolute atomic E-state index is 0.00503. The standard InChI is InChI=1S/C20H13N8O/c1-29-12-4-2-10(3-5-12)15-13(8-23)18(11(6-21)7-22)27-20-16(15)17(25)14(9-24)19(26)28-20/h2-5,15H,1H3,(H5,25,26,27,28)/q-1. The Kier molecular flexibility index (Phi) is 4.89. The van der Waals surface area contributed by atoms with E-state index in [2.05, 4.69) is 16.4 Å². The zero-order valence-electron chi connectivity index (χ0n) is 15.2. The number of fused-ring (bicyclic) bond motifs is 1. The Morgan fingerprint density at radius 3 is 2.38 bits per heavy atom. The van der Waals surface area contributed by atoms with Crippen molar-refractivity contribution in [3.8, 4) is 24.0 Å². The molecule has 1 aromatic carbocycles. The average molecular weight is 381 g/mol. The molecular formula is C20H13N8O-. The summed E-state index contributed by atoms with van der Waals surface area (Å²) in [5.74, 6) is 1.70. The van der Waals surface area contributed by atoms with Crippen LogP contribution in [0.1, 0.15) is 22.6 Å². The zero-order valence-corrected chi connectivity index (χ0v) is 15.2. The first-order valence-corrected chi connectivity index (χ1v) is 8.22. The van der Waals surface area contributed by atoms with Crippen LogP contribution in [0.15, 0.2) is 41.1 Å². The number of nitrogens with two attached hydrogens (primary N) is 2. The molecule has 1 atom stereocenters. The lowest BCUT2D eigenvalue weighted by Crippen LogP contribution is -2.23. The normalized spacial score (nSPS) is 14.3. The van der Waals surface area contributed by atoms with Gasteiger partial charge in [0.25, 0.3) is 0 Å². The van der Waals surface area contributed by atoms with E-state index in [9.17, 15) is 21.2 Å². The number of rotatable bonds is 3. The lowest BCUT2D eigenvalue weighted by molar-refractivity contribution is 0.414. The molecule has 3 rings (SSSR count). The summed E-state index contributed by atoms with van der Waals surface area (Å²) in [6.45, 7) is 0. The molecule has 0 saturated heterocycles. The maximum Gasteiger partial charge on any atom is 0.145 e. The van der Waals surface area contributed by atoms with Gasteiger partial charge in [0.1, 0.15) is 35.1 Å². The molecular weight excluding hydrogens is 368 g/mol. The summed E-state index contributed by atoms with van der Waals surface area (Å²) >= 11 is 0. The van der Waals surface area contributed by atoms with Crippen molar-refractivity contribution < 1.29 is 4.74 Å². The molecule has 0 radical (unpaired) electrons. The number of hydrogen-bond donors (Lipinski definition) is 3. The second-order valence-corrected chi connectivity index (χ2v) is 5.99. The van der Waals surface area contributed by atoms with Crippen LogP contribution in [0.4, 0.5) is 17.3 Å². The molecule has 1 aromatic heterocycles. The van der Waals surface area contributed by atoms with E-state index in [1.807, 2.05) is 6.07 Å². The van der Waals surface area contributed by atoms with Crippen molar-refractivity contribution in [2.24, 2.45) is 0 Å². The molecule has 0 aliphatic carbocycles. The minimum atomic E-state index is -0.769. The van der Waals surface area contributed by atoms with Crippen molar-refractivity contribution >= 4 is 23.2 Å². The van der Waals surface area contributed by atoms with Crippen LogP contribution >= 0.6 is 0 Å². The van der Waals surface area contributed by atoms with Gasteiger partial charge in [-0.3, -0.25) is 0 Å². The number of ether oxygens (including phenoxy) is 1. The zero-order chi connectivity index (χ0) is 21.1. The van der Waals surface area contributed by atoms with Crippen LogP contribution in [0, 0.1) is 34.0 Å². The van der Waals surface area contributed by atoms with E-state index in [-0.39, 0.29) is 39.7 Å². The van der Waals surface area contributed by atoms with Crippen LogP contribution in [-0.2, 0) is 0 Å². The summed E-state index contributed by atoms with van der Waals surface area (Å²) in [4.78, 5) is 4.19. The van der Waals surface area contributed by atoms with Gasteiger partial charge in [-0.05, 0) is 17.7 Å². The molecule has 9 heteroatoms. The fourth-order valence-electron chi connectivity index (χ4n) is 3.20. The first kappa shape index (κ1) is 19.0. The predicted octanol–water partition coefficient (Wildman–Crippen LogP) is 2.15. The Hall–Kier alpha value is -4.77. The third kappa shape index (κ3) is 2.98. The fourth-order valence-corrected chi connectivity index (χ4v) is 3.20. The number of nitriles is 3. The van der Waals surface area contributed by atoms with Gasteiger partial charge in [0, 0.05) is 5.56 Å². The number of anilines is 3. The maximum atomic E-state index is 9.88. The Morgan fingerprint density at radius 2 is 1.86 bits per heavy atom. The summed E-state index contributed by atoms with van der Waals surface area (Å²) in [6.07, 6.45) is 0. The van der Waals surface area contributed by atoms with Gasteiger partial charge < -0.3 is 26.9 Å². The van der Waals surface area contributed by atoms with Gasteiger partial charge in [-0.1, -0.05) is 12.1 Å². The number of pyridine rings is 1. The Labute approximate surface area is 166 Å². The highest BCUT2D eigenvalue weighted by Gasteiger charge is 2.35. The number of nitrogens with one attached hydrogen (secondary N) is 1. The SMILES string of the molecule is COc1ccc(C2C(C#N)=C(C(=C=[N-])C#N)Nc3nc(N)c(C#N)c(N)c32)cc1. The molecule has 29 heavy (non-hydrogen) atoms. The van der Waals surface area contributed by atoms with E-state index >= 15 is 0 Å². The highest BCUT2D eigenvalue weighted by Crippen LogP contribution is 2.46. The summed E-state index contributed by atoms with van der Waals surface area (Å²) in [7, 11) is 1.53. The van der Waals surface area contributed by atoms with Gasteiger partial charge in [-0.15, -0.1) is 0 Å². The van der Waals surface area contributed by atoms with Crippen LogP contribution in [0.25, 0.3) is 5.41 Å². The van der Waals surface area contributed by atoms with Gasteiger partial charge in [-0.25, -0.2) is 10.9 Å². The highest BCUT2D eigenvalue weighted by molar-refractivity contribution is 5.85. The summed E-state index contributed by atoms with van der Waals surface area (Å²) < 4.78 is 5.17. The fraction of sp³-hybridized carbons (Fsp3) is 0.100. The molecule has 2 aromatic rings. The van der Waals surface area contributed by atoms with E-state index < -0.39 is 5.92 Å². The number of allylic oxidation sites excluding steroid dienone is 2. The van der Waals surface area contributed by atoms with Crippen LogP contribution in [0.5, 0.6) is 5.75 Å². The molecule has 140 valence electrons. The molecule has 0 amide bonds. The van der Waals surface area contributed by atoms with Gasteiger partial charge in [0.05, 0.1) is 41.6 Å². The predicted molar refractivity (Wildman–Crippen MR) is 106 cm³/mol. The topological polar surface area (TPSA) is 180 Å². The smallest absolute Gasteiger partial charge is 0.145 e. The second-order valence-electron chi connectivity index (χ2n) is 5.99. The van der Waals surface area contributed by atoms with E-state index in [1.165, 1.54) is 7.11 Å². The van der Waals surface area contributed by atoms with Gasteiger partial charge >= 0.3 is 0 Å². The van der Waals surface area contributed by atoms with E-state index in [1.54, 1.807) is 36.2 Å². The van der Waals surface area contributed by atoms with Gasteiger partial charge in [0.2, 0.25) is 0 Å². The van der Waals surface area contributed by atoms with Crippen LogP contribution in [0.2, 0.25) is 0 Å². The molecule has 1 aliphatic rings. The third-order valence-corrected chi connectivity index (χ3v) is 4.55. The number of methoxy groups -OCH3 is 1. The lowest BCUT2D eigenvalue weighted by Gasteiger charge is -2.30. The molecule has 1 aliphatic heterocycles. The van der Waals surface area contributed by atoms with Crippen molar-refractivity contribution in [1.82, 2.24) is 4.98 Å². The Morgan fingerprint density at radius 1 is 1.17 bits per heavy atom. The molecule has 2 heterocycles. The number of nitrogen functional groups attached to an aromatic ring is 2. The van der Waals surface area contributed by atoms with Crippen LogP contribution in [0.3, 0.4) is 0 Å². The van der Waals surface area contributed by atoms with Crippen molar-refractivity contribution in [2.75, 3.05) is 23.9 Å². The average Bonchev–Trinajstić information content (AvgIpc) is 2.74. The molecule has 5 N–H and O–H groups in total. The summed E-state index contributed by atoms with van der Waals surface area (Å²) in [6, 6.07) is 12.6. The second kappa shape index (κ2) is 7.46. The van der Waals surface area contributed by atoms with Crippen molar-refractivity contribution in [1.29, 1.82) is 15.8 Å². The third-order valence-electron chi connectivity index (χ3n) is 4.55. The maximum absolute atomic E-state index is 9.88. The number of hydrogen-bond acceptors (Lipinski definition) is 8. The monoisotopic (exact) mass is 381 g/mol. The molecule has 0 fully saturated rings. The summed E-state index contributed by atoms with van der Waals surface area (Å²) in [5.41, 5.74) is 13.0. The van der Waals surface area contributed by atoms with Crippen LogP contribution in [-0.4, -0.2) is 18.0 Å². The Balaban J connectivity index is 2.40. The number of nitrogens with zero attached hydrogens (tertiary/aromatic N) is 5. The lowest BCUT2D eigenvalue weighted by atomic mass is 9.80. The first-order valence-electron chi connectivity index (χ1n) is 8.22. The Bertz CT molecular complexity index is 1220. The van der Waals surface area contributed by atoms with Gasteiger partial charge in [0.15, 0.2) is 0 Å². The van der Waals surface area contributed by atoms with E-state index in [4.69, 9.17) is 16.2 Å². The van der Waals surface area contributed by atoms with E-state index in [0.29, 0.717) is 16.9 Å². The highest BCUT2D eigenvalue weighted by atomic mass is 16.5. The number of benzene rings is 1. The first-order chi connectivity index (χ1) is 14.0. The number of aromatic nitrogens is 1. The van der Waals surface area contributed by atoms with Crippen molar-refractivity contribution in [3.05, 3.63) is 63.2 Å². The van der Waals surface area contributed by atoms with Crippen molar-refractivity contribution in [2.45, 2.75) is 5.92 Å². The van der Waals surface area contributed by atoms with Gasteiger partial charge in [-0.2, -0.15) is 15.8 Å². The molecule has 0 spiro atoms. The molecule has 0 bridgehead atoms. The minimum Gasteiger partial charge on any atom is -0.762 e.